The molecule has 4 heteroatoms. The molecule has 2 rings (SSSR count). The summed E-state index contributed by atoms with van der Waals surface area (Å²) in [7, 11) is 1.76. The molecule has 1 aromatic heterocycles. The van der Waals surface area contributed by atoms with Gasteiger partial charge in [-0.3, -0.25) is 4.79 Å². The molecule has 0 N–H and O–H groups in total. The number of benzene rings is 1. The molecule has 0 bridgehead atoms. The minimum atomic E-state index is -0.00129. The van der Waals surface area contributed by atoms with Crippen molar-refractivity contribution in [3.8, 4) is 6.07 Å². The van der Waals surface area contributed by atoms with E-state index >= 15 is 0 Å². The van der Waals surface area contributed by atoms with E-state index < -0.39 is 0 Å². The van der Waals surface area contributed by atoms with E-state index in [4.69, 9.17) is 5.26 Å². The molecule has 0 atom stereocenters. The van der Waals surface area contributed by atoms with Crippen LogP contribution in [0.2, 0.25) is 0 Å². The number of nitriles is 1. The highest BCUT2D eigenvalue weighted by molar-refractivity contribution is 7.08. The third-order valence-corrected chi connectivity index (χ3v) is 3.27. The number of thiophene rings is 1. The van der Waals surface area contributed by atoms with Gasteiger partial charge in [0.2, 0.25) is 0 Å². The van der Waals surface area contributed by atoms with Gasteiger partial charge >= 0.3 is 0 Å². The number of carbonyl (C=O) groups excluding carboxylic acids is 1. The molecule has 2 aromatic rings. The van der Waals surface area contributed by atoms with Gasteiger partial charge in [0.05, 0.1) is 17.2 Å². The Morgan fingerprint density at radius 3 is 2.94 bits per heavy atom. The number of hydrogen-bond donors (Lipinski definition) is 0. The molecule has 0 aliphatic heterocycles. The van der Waals surface area contributed by atoms with Crippen LogP contribution in [0.5, 0.6) is 0 Å². The molecule has 0 unspecified atom stereocenters. The summed E-state index contributed by atoms with van der Waals surface area (Å²) in [4.78, 5) is 13.7. The summed E-state index contributed by atoms with van der Waals surface area (Å²) in [5.74, 6) is -0.00129. The van der Waals surface area contributed by atoms with Crippen LogP contribution in [0.3, 0.4) is 0 Å². The van der Waals surface area contributed by atoms with E-state index in [-0.39, 0.29) is 5.91 Å². The molecule has 1 heterocycles. The van der Waals surface area contributed by atoms with E-state index in [1.807, 2.05) is 29.0 Å². The summed E-state index contributed by atoms with van der Waals surface area (Å²) in [5.41, 5.74) is 2.28. The highest BCUT2D eigenvalue weighted by Gasteiger charge is 2.12. The standard InChI is InChI=1S/C14H12N2OS/c1-16(14(17)13-5-6-18-10-13)9-12-4-2-3-11(7-12)8-15/h2-7,10H,9H2,1H3. The van der Waals surface area contributed by atoms with Crippen molar-refractivity contribution in [1.82, 2.24) is 4.90 Å². The smallest absolute Gasteiger partial charge is 0.254 e. The van der Waals surface area contributed by atoms with Crippen molar-refractivity contribution in [3.05, 3.63) is 57.8 Å². The minimum Gasteiger partial charge on any atom is -0.337 e. The van der Waals surface area contributed by atoms with E-state index in [1.54, 1.807) is 24.1 Å². The van der Waals surface area contributed by atoms with Crippen LogP contribution in [-0.2, 0) is 6.54 Å². The minimum absolute atomic E-state index is 0.00129. The molecule has 18 heavy (non-hydrogen) atoms. The zero-order valence-electron chi connectivity index (χ0n) is 9.96. The fraction of sp³-hybridized carbons (Fsp3) is 0.143. The quantitative estimate of drug-likeness (QED) is 0.847. The maximum absolute atomic E-state index is 12.0. The molecular formula is C14H12N2OS. The summed E-state index contributed by atoms with van der Waals surface area (Å²) in [6, 6.07) is 11.2. The molecular weight excluding hydrogens is 244 g/mol. The van der Waals surface area contributed by atoms with Gasteiger partial charge in [-0.15, -0.1) is 0 Å². The van der Waals surface area contributed by atoms with Gasteiger partial charge in [-0.05, 0) is 29.1 Å². The Balaban J connectivity index is 2.09. The third-order valence-electron chi connectivity index (χ3n) is 2.59. The van der Waals surface area contributed by atoms with Crippen LogP contribution in [-0.4, -0.2) is 17.9 Å². The number of carbonyl (C=O) groups is 1. The van der Waals surface area contributed by atoms with Crippen molar-refractivity contribution in [1.29, 1.82) is 5.26 Å². The van der Waals surface area contributed by atoms with Crippen molar-refractivity contribution in [2.75, 3.05) is 7.05 Å². The molecule has 0 aliphatic rings. The fourth-order valence-electron chi connectivity index (χ4n) is 1.69. The lowest BCUT2D eigenvalue weighted by Crippen LogP contribution is -2.25. The highest BCUT2D eigenvalue weighted by Crippen LogP contribution is 2.12. The van der Waals surface area contributed by atoms with Crippen LogP contribution in [0.1, 0.15) is 21.5 Å². The van der Waals surface area contributed by atoms with Gasteiger partial charge in [0.1, 0.15) is 0 Å². The number of nitrogens with zero attached hydrogens (tertiary/aromatic N) is 2. The lowest BCUT2D eigenvalue weighted by Gasteiger charge is -2.16. The van der Waals surface area contributed by atoms with Gasteiger partial charge < -0.3 is 4.90 Å². The predicted octanol–water partition coefficient (Wildman–Crippen LogP) is 2.89. The van der Waals surface area contributed by atoms with Crippen LogP contribution in [0.25, 0.3) is 0 Å². The van der Waals surface area contributed by atoms with Crippen molar-refractivity contribution in [3.63, 3.8) is 0 Å². The third kappa shape index (κ3) is 2.76. The molecule has 0 saturated heterocycles. The topological polar surface area (TPSA) is 44.1 Å². The van der Waals surface area contributed by atoms with Gasteiger partial charge in [0.15, 0.2) is 0 Å². The Kier molecular flexibility index (Phi) is 3.75. The number of amides is 1. The molecule has 90 valence electrons. The van der Waals surface area contributed by atoms with Crippen LogP contribution in [0, 0.1) is 11.3 Å². The normalized spacial score (nSPS) is 9.78. The Hall–Kier alpha value is -2.12. The fourth-order valence-corrected chi connectivity index (χ4v) is 2.32. The lowest BCUT2D eigenvalue weighted by molar-refractivity contribution is 0.0785. The van der Waals surface area contributed by atoms with Gasteiger partial charge in [-0.1, -0.05) is 12.1 Å². The van der Waals surface area contributed by atoms with Crippen LogP contribution >= 0.6 is 11.3 Å². The monoisotopic (exact) mass is 256 g/mol. The molecule has 3 nitrogen and oxygen atoms in total. The average molecular weight is 256 g/mol. The summed E-state index contributed by atoms with van der Waals surface area (Å²) in [5, 5.41) is 12.6. The molecule has 0 fully saturated rings. The second kappa shape index (κ2) is 5.48. The maximum Gasteiger partial charge on any atom is 0.254 e. The second-order valence-corrected chi connectivity index (χ2v) is 4.77. The Morgan fingerprint density at radius 2 is 2.28 bits per heavy atom. The van der Waals surface area contributed by atoms with E-state index in [2.05, 4.69) is 6.07 Å². The first kappa shape index (κ1) is 12.3. The molecule has 0 aliphatic carbocycles. The molecule has 0 spiro atoms. The first-order valence-corrected chi connectivity index (χ1v) is 6.41. The molecule has 0 radical (unpaired) electrons. The van der Waals surface area contributed by atoms with Crippen LogP contribution in [0.4, 0.5) is 0 Å². The highest BCUT2D eigenvalue weighted by atomic mass is 32.1. The van der Waals surface area contributed by atoms with Gasteiger partial charge in [-0.25, -0.2) is 0 Å². The Morgan fingerprint density at radius 1 is 1.44 bits per heavy atom. The summed E-state index contributed by atoms with van der Waals surface area (Å²) >= 11 is 1.51. The first-order valence-electron chi connectivity index (χ1n) is 5.47. The molecule has 0 saturated carbocycles. The van der Waals surface area contributed by atoms with Crippen molar-refractivity contribution < 1.29 is 4.79 Å². The zero-order valence-corrected chi connectivity index (χ0v) is 10.8. The second-order valence-electron chi connectivity index (χ2n) is 3.99. The van der Waals surface area contributed by atoms with E-state index in [0.717, 1.165) is 5.56 Å². The van der Waals surface area contributed by atoms with Crippen LogP contribution < -0.4 is 0 Å². The lowest BCUT2D eigenvalue weighted by atomic mass is 10.1. The van der Waals surface area contributed by atoms with Crippen LogP contribution in [0.15, 0.2) is 41.1 Å². The van der Waals surface area contributed by atoms with E-state index in [0.29, 0.717) is 17.7 Å². The maximum atomic E-state index is 12.0. The van der Waals surface area contributed by atoms with Gasteiger partial charge in [-0.2, -0.15) is 16.6 Å². The van der Waals surface area contributed by atoms with Crippen molar-refractivity contribution in [2.45, 2.75) is 6.54 Å². The molecule has 1 amide bonds. The Labute approximate surface area is 110 Å². The predicted molar refractivity (Wildman–Crippen MR) is 71.3 cm³/mol. The first-order chi connectivity index (χ1) is 8.70. The zero-order chi connectivity index (χ0) is 13.0. The Bertz CT molecular complexity index is 584. The van der Waals surface area contributed by atoms with E-state index in [1.165, 1.54) is 11.3 Å². The number of rotatable bonds is 3. The average Bonchev–Trinajstić information content (AvgIpc) is 2.92. The van der Waals surface area contributed by atoms with Crippen molar-refractivity contribution in [2.24, 2.45) is 0 Å². The largest absolute Gasteiger partial charge is 0.337 e. The van der Waals surface area contributed by atoms with Gasteiger partial charge in [0, 0.05) is 19.0 Å². The van der Waals surface area contributed by atoms with Gasteiger partial charge in [0.25, 0.3) is 5.91 Å². The van der Waals surface area contributed by atoms with E-state index in [9.17, 15) is 4.79 Å². The summed E-state index contributed by atoms with van der Waals surface area (Å²) < 4.78 is 0. The summed E-state index contributed by atoms with van der Waals surface area (Å²) in [6.07, 6.45) is 0. The molecule has 1 aromatic carbocycles. The summed E-state index contributed by atoms with van der Waals surface area (Å²) in [6.45, 7) is 0.504. The number of hydrogen-bond acceptors (Lipinski definition) is 3. The SMILES string of the molecule is CN(Cc1cccc(C#N)c1)C(=O)c1ccsc1. The van der Waals surface area contributed by atoms with Crippen molar-refractivity contribution >= 4 is 17.2 Å².